The molecule has 0 aliphatic carbocycles. The van der Waals surface area contributed by atoms with Crippen LogP contribution in [-0.4, -0.2) is 35.1 Å². The Balaban J connectivity index is 1.98. The van der Waals surface area contributed by atoms with Crippen molar-refractivity contribution >= 4 is 49.5 Å². The van der Waals surface area contributed by atoms with Gasteiger partial charge in [0.1, 0.15) is 0 Å². The molecule has 0 aromatic heterocycles. The Morgan fingerprint density at radius 1 is 1.29 bits per heavy atom. The van der Waals surface area contributed by atoms with Gasteiger partial charge in [-0.15, -0.1) is 0 Å². The van der Waals surface area contributed by atoms with E-state index in [2.05, 4.69) is 37.2 Å². The van der Waals surface area contributed by atoms with Crippen molar-refractivity contribution in [2.45, 2.75) is 19.8 Å². The molecule has 5 nitrogen and oxygen atoms in total. The van der Waals surface area contributed by atoms with Crippen LogP contribution in [0.5, 0.6) is 0 Å². The van der Waals surface area contributed by atoms with Gasteiger partial charge < -0.3 is 15.3 Å². The van der Waals surface area contributed by atoms with Gasteiger partial charge in [-0.3, -0.25) is 4.79 Å². The van der Waals surface area contributed by atoms with Crippen LogP contribution >= 0.6 is 31.9 Å². The Kier molecular flexibility index (Phi) is 4.93. The zero-order valence-electron chi connectivity index (χ0n) is 11.5. The number of rotatable bonds is 2. The molecular weight excluding hydrogens is 404 g/mol. The molecule has 1 aliphatic rings. The number of piperidine rings is 1. The van der Waals surface area contributed by atoms with Gasteiger partial charge in [0.05, 0.1) is 11.1 Å². The van der Waals surface area contributed by atoms with Crippen LogP contribution in [0.4, 0.5) is 10.5 Å². The van der Waals surface area contributed by atoms with Crippen LogP contribution in [0, 0.1) is 5.41 Å². The normalized spacial score (nSPS) is 17.4. The van der Waals surface area contributed by atoms with Crippen LogP contribution < -0.4 is 5.32 Å². The fraction of sp³-hybridized carbons (Fsp3) is 0.429. The molecule has 0 atom stereocenters. The number of benzene rings is 1. The lowest BCUT2D eigenvalue weighted by molar-refractivity contribution is -0.150. The summed E-state index contributed by atoms with van der Waals surface area (Å²) in [7, 11) is 0. The van der Waals surface area contributed by atoms with E-state index >= 15 is 0 Å². The van der Waals surface area contributed by atoms with E-state index in [-0.39, 0.29) is 6.03 Å². The maximum absolute atomic E-state index is 12.2. The van der Waals surface area contributed by atoms with Crippen molar-refractivity contribution < 1.29 is 14.7 Å². The number of urea groups is 1. The van der Waals surface area contributed by atoms with E-state index in [1.54, 1.807) is 17.9 Å². The lowest BCUT2D eigenvalue weighted by Gasteiger charge is -2.36. The molecule has 2 rings (SSSR count). The Morgan fingerprint density at radius 2 is 1.90 bits per heavy atom. The third-order valence-corrected chi connectivity index (χ3v) is 4.99. The molecule has 0 spiro atoms. The summed E-state index contributed by atoms with van der Waals surface area (Å²) in [6.07, 6.45) is 0.939. The second-order valence-electron chi connectivity index (χ2n) is 5.41. The van der Waals surface area contributed by atoms with E-state index in [1.165, 1.54) is 0 Å². The van der Waals surface area contributed by atoms with Gasteiger partial charge in [-0.05, 0) is 53.9 Å². The first-order valence-corrected chi connectivity index (χ1v) is 8.15. The van der Waals surface area contributed by atoms with Crippen LogP contribution in [0.25, 0.3) is 0 Å². The summed E-state index contributed by atoms with van der Waals surface area (Å²) < 4.78 is 1.71. The zero-order chi connectivity index (χ0) is 15.6. The third-order valence-electron chi connectivity index (χ3n) is 3.84. The topological polar surface area (TPSA) is 69.6 Å². The molecule has 1 heterocycles. The van der Waals surface area contributed by atoms with Crippen LogP contribution in [0.2, 0.25) is 0 Å². The number of carbonyl (C=O) groups is 2. The van der Waals surface area contributed by atoms with Crippen molar-refractivity contribution in [3.05, 3.63) is 27.1 Å². The quantitative estimate of drug-likeness (QED) is 0.762. The number of aliphatic carboxylic acids is 1. The van der Waals surface area contributed by atoms with Gasteiger partial charge >= 0.3 is 12.0 Å². The predicted octanol–water partition coefficient (Wildman–Crippen LogP) is 3.93. The molecule has 0 unspecified atom stereocenters. The zero-order valence-corrected chi connectivity index (χ0v) is 14.7. The van der Waals surface area contributed by atoms with Crippen molar-refractivity contribution in [1.29, 1.82) is 0 Å². The maximum Gasteiger partial charge on any atom is 0.321 e. The fourth-order valence-electron chi connectivity index (χ4n) is 2.20. The molecule has 1 aromatic rings. The fourth-order valence-corrected chi connectivity index (χ4v) is 3.35. The minimum atomic E-state index is -0.793. The molecule has 0 bridgehead atoms. The number of halogens is 2. The van der Waals surface area contributed by atoms with Gasteiger partial charge in [0.2, 0.25) is 0 Å². The average molecular weight is 420 g/mol. The number of nitrogens with zero attached hydrogens (tertiary/aromatic N) is 1. The lowest BCUT2D eigenvalue weighted by atomic mass is 9.80. The van der Waals surface area contributed by atoms with Gasteiger partial charge in [0, 0.05) is 22.0 Å². The minimum absolute atomic E-state index is 0.203. The molecule has 7 heteroatoms. The van der Waals surface area contributed by atoms with Crippen molar-refractivity contribution in [1.82, 2.24) is 4.90 Å². The van der Waals surface area contributed by atoms with Crippen LogP contribution in [0.1, 0.15) is 19.8 Å². The summed E-state index contributed by atoms with van der Waals surface area (Å²) in [5, 5.41) is 12.0. The maximum atomic E-state index is 12.2. The molecule has 1 saturated heterocycles. The summed E-state index contributed by atoms with van der Waals surface area (Å²) in [5.74, 6) is -0.793. The first-order chi connectivity index (χ1) is 9.82. The number of nitrogens with one attached hydrogen (secondary N) is 1. The van der Waals surface area contributed by atoms with E-state index in [1.807, 2.05) is 12.1 Å². The van der Waals surface area contributed by atoms with Crippen LogP contribution in [0.3, 0.4) is 0 Å². The van der Waals surface area contributed by atoms with Crippen molar-refractivity contribution in [3.63, 3.8) is 0 Å². The Morgan fingerprint density at radius 3 is 2.43 bits per heavy atom. The first-order valence-electron chi connectivity index (χ1n) is 6.56. The predicted molar refractivity (Wildman–Crippen MR) is 87.4 cm³/mol. The average Bonchev–Trinajstić information content (AvgIpc) is 2.42. The molecule has 21 heavy (non-hydrogen) atoms. The highest BCUT2D eigenvalue weighted by Crippen LogP contribution is 2.32. The highest BCUT2D eigenvalue weighted by Gasteiger charge is 2.38. The summed E-state index contributed by atoms with van der Waals surface area (Å²) in [5.41, 5.74) is -0.0376. The smallest absolute Gasteiger partial charge is 0.321 e. The molecular formula is C14H16Br2N2O3. The van der Waals surface area contributed by atoms with Crippen LogP contribution in [0.15, 0.2) is 27.1 Å². The second-order valence-corrected chi connectivity index (χ2v) is 7.18. The van der Waals surface area contributed by atoms with E-state index in [0.29, 0.717) is 31.6 Å². The highest BCUT2D eigenvalue weighted by molar-refractivity contribution is 9.11. The lowest BCUT2D eigenvalue weighted by Crippen LogP contribution is -2.46. The van der Waals surface area contributed by atoms with Crippen molar-refractivity contribution in [2.24, 2.45) is 5.41 Å². The van der Waals surface area contributed by atoms with Gasteiger partial charge in [-0.25, -0.2) is 4.79 Å². The number of carboxylic acids is 1. The largest absolute Gasteiger partial charge is 0.481 e. The highest BCUT2D eigenvalue weighted by atomic mass is 79.9. The Labute approximate surface area is 140 Å². The van der Waals surface area contributed by atoms with Crippen LogP contribution in [-0.2, 0) is 4.79 Å². The second kappa shape index (κ2) is 6.36. The molecule has 2 N–H and O–H groups in total. The summed E-state index contributed by atoms with van der Waals surface area (Å²) in [6, 6.07) is 5.30. The number of hydrogen-bond donors (Lipinski definition) is 2. The Bertz CT molecular complexity index is 569. The number of amides is 2. The van der Waals surface area contributed by atoms with Gasteiger partial charge in [0.25, 0.3) is 0 Å². The van der Waals surface area contributed by atoms with Crippen molar-refractivity contribution in [2.75, 3.05) is 18.4 Å². The van der Waals surface area contributed by atoms with Gasteiger partial charge in [0.15, 0.2) is 0 Å². The van der Waals surface area contributed by atoms with Gasteiger partial charge in [-0.1, -0.05) is 15.9 Å². The summed E-state index contributed by atoms with van der Waals surface area (Å²) in [4.78, 5) is 25.1. The summed E-state index contributed by atoms with van der Waals surface area (Å²) in [6.45, 7) is 2.63. The number of carbonyl (C=O) groups excluding carboxylic acids is 1. The molecule has 1 fully saturated rings. The molecule has 114 valence electrons. The van der Waals surface area contributed by atoms with E-state index in [4.69, 9.17) is 0 Å². The molecule has 0 saturated carbocycles. The number of likely N-dealkylation sites (tertiary alicyclic amines) is 1. The first kappa shape index (κ1) is 16.3. The molecule has 1 aromatic carbocycles. The minimum Gasteiger partial charge on any atom is -0.481 e. The van der Waals surface area contributed by atoms with Crippen molar-refractivity contribution in [3.8, 4) is 0 Å². The number of carboxylic acid groups (broad SMARTS) is 1. The Hall–Kier alpha value is -1.08. The number of anilines is 1. The van der Waals surface area contributed by atoms with E-state index in [9.17, 15) is 14.7 Å². The molecule has 2 amide bonds. The molecule has 0 radical (unpaired) electrons. The molecule has 1 aliphatic heterocycles. The third kappa shape index (κ3) is 3.77. The summed E-state index contributed by atoms with van der Waals surface area (Å²) >= 11 is 6.75. The van der Waals surface area contributed by atoms with E-state index < -0.39 is 11.4 Å². The number of hydrogen-bond acceptors (Lipinski definition) is 2. The van der Waals surface area contributed by atoms with E-state index in [0.717, 1.165) is 8.95 Å². The SMILES string of the molecule is CC1(C(=O)O)CCN(C(=O)Nc2ccc(Br)cc2Br)CC1. The monoisotopic (exact) mass is 418 g/mol. The standard InChI is InChI=1S/C14H16Br2N2O3/c1-14(12(19)20)4-6-18(7-5-14)13(21)17-11-3-2-9(15)8-10(11)16/h2-3,8H,4-7H2,1H3,(H,17,21)(H,19,20). The van der Waals surface area contributed by atoms with Gasteiger partial charge in [-0.2, -0.15) is 0 Å².